The van der Waals surface area contributed by atoms with Crippen LogP contribution in [0.3, 0.4) is 0 Å². The van der Waals surface area contributed by atoms with Crippen molar-refractivity contribution in [2.75, 3.05) is 5.32 Å². The Bertz CT molecular complexity index is 465. The summed E-state index contributed by atoms with van der Waals surface area (Å²) in [5.41, 5.74) is 7.95. The number of anilines is 2. The Balaban J connectivity index is 2.22. The summed E-state index contributed by atoms with van der Waals surface area (Å²) in [7, 11) is 0. The summed E-state index contributed by atoms with van der Waals surface area (Å²) >= 11 is 0. The molecule has 0 aliphatic heterocycles. The third-order valence-electron chi connectivity index (χ3n) is 1.81. The molecule has 1 amide bonds. The maximum Gasteiger partial charge on any atom is 0.299 e. The molecule has 0 fully saturated rings. The van der Waals surface area contributed by atoms with E-state index in [0.29, 0.717) is 17.3 Å². The quantitative estimate of drug-likeness (QED) is 0.823. The summed E-state index contributed by atoms with van der Waals surface area (Å²) in [6.45, 7) is 0. The summed E-state index contributed by atoms with van der Waals surface area (Å²) in [6.07, 6.45) is 2.96. The first kappa shape index (κ1) is 9.26. The van der Waals surface area contributed by atoms with Gasteiger partial charge in [0.25, 0.3) is 11.9 Å². The van der Waals surface area contributed by atoms with Crippen LogP contribution in [-0.2, 0) is 0 Å². The van der Waals surface area contributed by atoms with Gasteiger partial charge in [-0.05, 0) is 18.2 Å². The average molecular weight is 202 g/mol. The minimum absolute atomic E-state index is 0.326. The predicted molar refractivity (Wildman–Crippen MR) is 53.7 cm³/mol. The zero-order valence-corrected chi connectivity index (χ0v) is 7.73. The topological polar surface area (TPSA) is 78.9 Å². The summed E-state index contributed by atoms with van der Waals surface area (Å²) in [5.74, 6) is -0.717. The number of carbonyl (C=O) groups excluding carboxylic acids is 1. The Labute approximate surface area is 85.9 Å². The fourth-order valence-electron chi connectivity index (χ4n) is 1.15. The molecular formula is C10H8N3O2. The van der Waals surface area contributed by atoms with Gasteiger partial charge in [0.1, 0.15) is 6.26 Å². The molecule has 5 nitrogen and oxygen atoms in total. The fourth-order valence-corrected chi connectivity index (χ4v) is 1.15. The van der Waals surface area contributed by atoms with Crippen molar-refractivity contribution in [2.24, 2.45) is 0 Å². The Morgan fingerprint density at radius 2 is 2.33 bits per heavy atom. The van der Waals surface area contributed by atoms with E-state index >= 15 is 0 Å². The highest BCUT2D eigenvalue weighted by atomic mass is 16.4. The molecule has 1 aromatic heterocycles. The molecule has 0 aliphatic carbocycles. The van der Waals surface area contributed by atoms with Crippen LogP contribution < -0.4 is 11.1 Å². The van der Waals surface area contributed by atoms with Gasteiger partial charge in [0.05, 0.1) is 6.20 Å². The van der Waals surface area contributed by atoms with Crippen LogP contribution in [-0.4, -0.2) is 10.9 Å². The van der Waals surface area contributed by atoms with Gasteiger partial charge in [-0.1, -0.05) is 6.07 Å². The van der Waals surface area contributed by atoms with Gasteiger partial charge in [-0.25, -0.2) is 4.98 Å². The molecule has 0 saturated heterocycles. The van der Waals surface area contributed by atoms with Crippen LogP contribution in [0.1, 0.15) is 10.4 Å². The van der Waals surface area contributed by atoms with Crippen molar-refractivity contribution < 1.29 is 9.21 Å². The second-order valence-corrected chi connectivity index (χ2v) is 2.87. The number of carbonyl (C=O) groups is 1. The van der Waals surface area contributed by atoms with Crippen molar-refractivity contribution in [1.29, 1.82) is 0 Å². The van der Waals surface area contributed by atoms with Gasteiger partial charge in [-0.3, -0.25) is 10.5 Å². The number of nitrogens with zero attached hydrogens (tertiary/aromatic N) is 1. The maximum absolute atomic E-state index is 10.8. The van der Waals surface area contributed by atoms with Crippen molar-refractivity contribution in [3.63, 3.8) is 0 Å². The van der Waals surface area contributed by atoms with Crippen LogP contribution in [0, 0.1) is 0 Å². The van der Waals surface area contributed by atoms with Crippen LogP contribution in [0.5, 0.6) is 0 Å². The molecule has 15 heavy (non-hydrogen) atoms. The van der Waals surface area contributed by atoms with Gasteiger partial charge in [-0.2, -0.15) is 0 Å². The molecule has 75 valence electrons. The number of hydrogen-bond donors (Lipinski definition) is 1. The lowest BCUT2D eigenvalue weighted by atomic mass is 10.2. The molecule has 5 heteroatoms. The first-order chi connectivity index (χ1) is 7.25. The number of amides is 1. The maximum atomic E-state index is 10.8. The van der Waals surface area contributed by atoms with E-state index in [1.807, 2.05) is 0 Å². The standard InChI is InChI=1S/C10H8N3O2/c11-9(14)7-2-1-3-8(6-7)13-10-12-4-5-15-10/h1-6,11H,(H,12,13). The Morgan fingerprint density at radius 1 is 1.47 bits per heavy atom. The molecule has 2 aromatic rings. The normalized spacial score (nSPS) is 9.87. The predicted octanol–water partition coefficient (Wildman–Crippen LogP) is 1.84. The second-order valence-electron chi connectivity index (χ2n) is 2.87. The largest absolute Gasteiger partial charge is 0.432 e. The van der Waals surface area contributed by atoms with Gasteiger partial charge >= 0.3 is 0 Å². The molecule has 2 rings (SSSR count). The van der Waals surface area contributed by atoms with Gasteiger partial charge in [0.15, 0.2) is 0 Å². The number of benzene rings is 1. The molecule has 0 bridgehead atoms. The molecule has 0 aliphatic rings. The Hall–Kier alpha value is -2.30. The molecule has 0 spiro atoms. The highest BCUT2D eigenvalue weighted by Crippen LogP contribution is 2.15. The van der Waals surface area contributed by atoms with E-state index < -0.39 is 5.91 Å². The first-order valence-corrected chi connectivity index (χ1v) is 4.28. The lowest BCUT2D eigenvalue weighted by Gasteiger charge is -2.02. The number of hydrogen-bond acceptors (Lipinski definition) is 4. The van der Waals surface area contributed by atoms with E-state index in [4.69, 9.17) is 10.2 Å². The van der Waals surface area contributed by atoms with Crippen LogP contribution in [0.25, 0.3) is 0 Å². The molecule has 0 atom stereocenters. The SMILES string of the molecule is [NH]C(=O)c1cccc(Nc2ncco2)c1. The first-order valence-electron chi connectivity index (χ1n) is 4.28. The highest BCUT2D eigenvalue weighted by Gasteiger charge is 2.03. The summed E-state index contributed by atoms with van der Waals surface area (Å²) in [6, 6.07) is 6.95. The Morgan fingerprint density at radius 3 is 3.00 bits per heavy atom. The van der Waals surface area contributed by atoms with Gasteiger partial charge in [0.2, 0.25) is 0 Å². The van der Waals surface area contributed by atoms with Crippen molar-refractivity contribution in [3.8, 4) is 0 Å². The molecule has 2 N–H and O–H groups in total. The lowest BCUT2D eigenvalue weighted by molar-refractivity contribution is 0.0992. The van der Waals surface area contributed by atoms with Gasteiger partial charge < -0.3 is 9.73 Å². The van der Waals surface area contributed by atoms with Crippen molar-refractivity contribution in [1.82, 2.24) is 10.7 Å². The number of aromatic nitrogens is 1. The van der Waals surface area contributed by atoms with Crippen molar-refractivity contribution in [3.05, 3.63) is 42.3 Å². The van der Waals surface area contributed by atoms with E-state index in [1.165, 1.54) is 12.5 Å². The van der Waals surface area contributed by atoms with Crippen molar-refractivity contribution >= 4 is 17.6 Å². The van der Waals surface area contributed by atoms with Crippen LogP contribution in [0.2, 0.25) is 0 Å². The summed E-state index contributed by atoms with van der Waals surface area (Å²) in [4.78, 5) is 14.7. The zero-order valence-electron chi connectivity index (χ0n) is 7.73. The zero-order chi connectivity index (χ0) is 10.7. The third-order valence-corrected chi connectivity index (χ3v) is 1.81. The van der Waals surface area contributed by atoms with E-state index in [1.54, 1.807) is 24.3 Å². The molecule has 0 unspecified atom stereocenters. The minimum Gasteiger partial charge on any atom is -0.432 e. The average Bonchev–Trinajstić information content (AvgIpc) is 2.71. The van der Waals surface area contributed by atoms with Crippen molar-refractivity contribution in [2.45, 2.75) is 0 Å². The van der Waals surface area contributed by atoms with Crippen LogP contribution >= 0.6 is 0 Å². The molecule has 0 saturated carbocycles. The Kier molecular flexibility index (Phi) is 2.37. The number of oxazole rings is 1. The third kappa shape index (κ3) is 2.14. The highest BCUT2D eigenvalue weighted by molar-refractivity contribution is 5.93. The van der Waals surface area contributed by atoms with E-state index in [0.717, 1.165) is 0 Å². The minimum atomic E-state index is -0.717. The van der Waals surface area contributed by atoms with Crippen LogP contribution in [0.4, 0.5) is 11.7 Å². The smallest absolute Gasteiger partial charge is 0.299 e. The molecule has 1 heterocycles. The van der Waals surface area contributed by atoms with E-state index in [2.05, 4.69) is 10.3 Å². The van der Waals surface area contributed by atoms with Gasteiger partial charge in [-0.15, -0.1) is 0 Å². The molecule has 1 radical (unpaired) electrons. The monoisotopic (exact) mass is 202 g/mol. The lowest BCUT2D eigenvalue weighted by Crippen LogP contribution is -1.99. The number of rotatable bonds is 3. The second kappa shape index (κ2) is 3.83. The summed E-state index contributed by atoms with van der Waals surface area (Å²) in [5, 5.41) is 2.87. The van der Waals surface area contributed by atoms with Crippen LogP contribution in [0.15, 0.2) is 41.1 Å². The molecule has 1 aromatic carbocycles. The number of nitrogens with one attached hydrogen (secondary N) is 2. The van der Waals surface area contributed by atoms with Gasteiger partial charge in [0, 0.05) is 11.3 Å². The summed E-state index contributed by atoms with van der Waals surface area (Å²) < 4.78 is 4.98. The fraction of sp³-hybridized carbons (Fsp3) is 0. The van der Waals surface area contributed by atoms with E-state index in [9.17, 15) is 4.79 Å². The molecular weight excluding hydrogens is 194 g/mol. The van der Waals surface area contributed by atoms with E-state index in [-0.39, 0.29) is 0 Å².